The first-order valence-electron chi connectivity index (χ1n) is 3.21. The Kier molecular flexibility index (Phi) is 3.27. The molecule has 0 unspecified atom stereocenters. The van der Waals surface area contributed by atoms with Crippen molar-refractivity contribution in [2.75, 3.05) is 18.5 Å². The van der Waals surface area contributed by atoms with E-state index in [-0.39, 0.29) is 6.61 Å². The number of amides is 1. The molecule has 0 atom stereocenters. The number of nitrogens with two attached hydrogens (primary N) is 1. The molecule has 0 spiro atoms. The summed E-state index contributed by atoms with van der Waals surface area (Å²) in [6, 6.07) is 0. The first kappa shape index (κ1) is 8.72. The number of carbonyl (C=O) groups is 1. The van der Waals surface area contributed by atoms with E-state index >= 15 is 0 Å². The van der Waals surface area contributed by atoms with Crippen molar-refractivity contribution in [2.24, 2.45) is 5.73 Å². The molecule has 1 aromatic heterocycles. The summed E-state index contributed by atoms with van der Waals surface area (Å²) in [5.74, 6) is 0. The summed E-state index contributed by atoms with van der Waals surface area (Å²) in [4.78, 5) is 10.1. The second-order valence-electron chi connectivity index (χ2n) is 1.84. The molecule has 0 bridgehead atoms. The number of anilines is 1. The molecule has 0 saturated carbocycles. The zero-order chi connectivity index (χ0) is 8.81. The number of nitrogens with zero attached hydrogens (tertiary/aromatic N) is 2. The minimum Gasteiger partial charge on any atom is -0.448 e. The van der Waals surface area contributed by atoms with E-state index in [0.717, 1.165) is 0 Å². The molecule has 1 rings (SSSR count). The Morgan fingerprint density at radius 3 is 3.25 bits per heavy atom. The maximum absolute atomic E-state index is 10.1. The summed E-state index contributed by atoms with van der Waals surface area (Å²) in [7, 11) is 0. The molecule has 0 aromatic carbocycles. The van der Waals surface area contributed by atoms with Gasteiger partial charge in [-0.25, -0.2) is 4.79 Å². The molecular weight excluding hydrogens is 180 g/mol. The molecule has 12 heavy (non-hydrogen) atoms. The topological polar surface area (TPSA) is 90.1 Å². The third-order valence-corrected chi connectivity index (χ3v) is 1.63. The fourth-order valence-electron chi connectivity index (χ4n) is 0.560. The van der Waals surface area contributed by atoms with E-state index in [1.165, 1.54) is 11.3 Å². The van der Waals surface area contributed by atoms with Crippen molar-refractivity contribution in [3.8, 4) is 0 Å². The second-order valence-corrected chi connectivity index (χ2v) is 2.67. The van der Waals surface area contributed by atoms with E-state index in [9.17, 15) is 4.79 Å². The summed E-state index contributed by atoms with van der Waals surface area (Å²) in [5.41, 5.74) is 6.35. The molecular formula is C5H8N4O2S. The van der Waals surface area contributed by atoms with Crippen molar-refractivity contribution in [1.82, 2.24) is 10.2 Å². The van der Waals surface area contributed by atoms with E-state index in [0.29, 0.717) is 11.7 Å². The molecule has 1 amide bonds. The van der Waals surface area contributed by atoms with Crippen molar-refractivity contribution in [3.63, 3.8) is 0 Å². The van der Waals surface area contributed by atoms with Gasteiger partial charge in [0.25, 0.3) is 0 Å². The zero-order valence-electron chi connectivity index (χ0n) is 6.19. The van der Waals surface area contributed by atoms with Gasteiger partial charge in [-0.15, -0.1) is 10.2 Å². The van der Waals surface area contributed by atoms with Gasteiger partial charge in [-0.05, 0) is 0 Å². The molecule has 1 heterocycles. The quantitative estimate of drug-likeness (QED) is 0.651. The lowest BCUT2D eigenvalue weighted by Gasteiger charge is -2.00. The highest BCUT2D eigenvalue weighted by Crippen LogP contribution is 2.06. The third kappa shape index (κ3) is 3.15. The van der Waals surface area contributed by atoms with E-state index in [2.05, 4.69) is 20.3 Å². The first-order valence-corrected chi connectivity index (χ1v) is 4.09. The van der Waals surface area contributed by atoms with Crippen molar-refractivity contribution < 1.29 is 9.53 Å². The van der Waals surface area contributed by atoms with Crippen molar-refractivity contribution in [1.29, 1.82) is 0 Å². The van der Waals surface area contributed by atoms with Crippen LogP contribution < -0.4 is 11.1 Å². The Morgan fingerprint density at radius 2 is 2.67 bits per heavy atom. The minimum absolute atomic E-state index is 0.231. The van der Waals surface area contributed by atoms with Gasteiger partial charge in [-0.1, -0.05) is 11.3 Å². The Bertz CT molecular complexity index is 238. The molecule has 0 aliphatic carbocycles. The van der Waals surface area contributed by atoms with Crippen LogP contribution in [-0.2, 0) is 4.74 Å². The average molecular weight is 188 g/mol. The van der Waals surface area contributed by atoms with Crippen LogP contribution in [0.15, 0.2) is 5.51 Å². The van der Waals surface area contributed by atoms with Crippen LogP contribution in [0.2, 0.25) is 0 Å². The number of hydrogen-bond acceptors (Lipinski definition) is 6. The monoisotopic (exact) mass is 188 g/mol. The summed E-state index contributed by atoms with van der Waals surface area (Å²) in [5, 5.41) is 10.9. The first-order chi connectivity index (χ1) is 5.79. The van der Waals surface area contributed by atoms with E-state index in [1.54, 1.807) is 5.51 Å². The number of rotatable bonds is 4. The largest absolute Gasteiger partial charge is 0.448 e. The highest BCUT2D eigenvalue weighted by Gasteiger charge is 1.95. The molecule has 1 aromatic rings. The Labute approximate surface area is 72.7 Å². The fraction of sp³-hybridized carbons (Fsp3) is 0.400. The van der Waals surface area contributed by atoms with Crippen LogP contribution in [-0.4, -0.2) is 29.4 Å². The molecule has 0 saturated heterocycles. The third-order valence-electron chi connectivity index (χ3n) is 0.983. The van der Waals surface area contributed by atoms with Crippen molar-refractivity contribution in [2.45, 2.75) is 0 Å². The summed E-state index contributed by atoms with van der Waals surface area (Å²) < 4.78 is 4.47. The standard InChI is InChI=1S/C5H8N4O2S/c6-4(10)11-2-1-7-5-9-8-3-12-5/h3H,1-2H2,(H2,6,10)(H,7,9). The van der Waals surface area contributed by atoms with Gasteiger partial charge in [-0.2, -0.15) is 0 Å². The molecule has 6 nitrogen and oxygen atoms in total. The Morgan fingerprint density at radius 1 is 1.83 bits per heavy atom. The summed E-state index contributed by atoms with van der Waals surface area (Å²) in [6.45, 7) is 0.715. The zero-order valence-corrected chi connectivity index (χ0v) is 7.00. The lowest BCUT2D eigenvalue weighted by Crippen LogP contribution is -2.18. The summed E-state index contributed by atoms with van der Waals surface area (Å²) in [6.07, 6.45) is -0.769. The van der Waals surface area contributed by atoms with Gasteiger partial charge in [0.15, 0.2) is 0 Å². The van der Waals surface area contributed by atoms with Gasteiger partial charge in [0.1, 0.15) is 12.1 Å². The van der Waals surface area contributed by atoms with Gasteiger partial charge < -0.3 is 15.8 Å². The smallest absolute Gasteiger partial charge is 0.404 e. The van der Waals surface area contributed by atoms with E-state index in [4.69, 9.17) is 5.73 Å². The number of aromatic nitrogens is 2. The second kappa shape index (κ2) is 4.50. The minimum atomic E-state index is -0.769. The normalized spacial score (nSPS) is 9.33. The predicted octanol–water partition coefficient (Wildman–Crippen LogP) is 0.0453. The molecule has 0 radical (unpaired) electrons. The van der Waals surface area contributed by atoms with Crippen LogP contribution in [0.1, 0.15) is 0 Å². The van der Waals surface area contributed by atoms with Crippen molar-refractivity contribution >= 4 is 22.6 Å². The maximum Gasteiger partial charge on any atom is 0.404 e. The lowest BCUT2D eigenvalue weighted by molar-refractivity contribution is 0.161. The van der Waals surface area contributed by atoms with Gasteiger partial charge in [0, 0.05) is 0 Å². The molecule has 3 N–H and O–H groups in total. The number of hydrogen-bond donors (Lipinski definition) is 2. The highest BCUT2D eigenvalue weighted by atomic mass is 32.1. The Balaban J connectivity index is 2.07. The van der Waals surface area contributed by atoms with Crippen LogP contribution in [0, 0.1) is 0 Å². The van der Waals surface area contributed by atoms with Gasteiger partial charge in [-0.3, -0.25) is 0 Å². The highest BCUT2D eigenvalue weighted by molar-refractivity contribution is 7.13. The van der Waals surface area contributed by atoms with E-state index in [1.807, 2.05) is 0 Å². The number of nitrogens with one attached hydrogen (secondary N) is 1. The van der Waals surface area contributed by atoms with E-state index < -0.39 is 6.09 Å². The predicted molar refractivity (Wildman–Crippen MR) is 43.9 cm³/mol. The van der Waals surface area contributed by atoms with Crippen LogP contribution in [0.5, 0.6) is 0 Å². The Hall–Kier alpha value is -1.37. The maximum atomic E-state index is 10.1. The fourth-order valence-corrected chi connectivity index (χ4v) is 1.03. The van der Waals surface area contributed by atoms with Gasteiger partial charge in [0.05, 0.1) is 6.54 Å². The molecule has 0 fully saturated rings. The molecule has 0 aliphatic heterocycles. The van der Waals surface area contributed by atoms with Crippen molar-refractivity contribution in [3.05, 3.63) is 5.51 Å². The summed E-state index contributed by atoms with van der Waals surface area (Å²) >= 11 is 1.38. The average Bonchev–Trinajstić information content (AvgIpc) is 2.49. The molecule has 7 heteroatoms. The van der Waals surface area contributed by atoms with Crippen LogP contribution in [0.4, 0.5) is 9.93 Å². The van der Waals surface area contributed by atoms with Gasteiger partial charge >= 0.3 is 6.09 Å². The van der Waals surface area contributed by atoms with Crippen LogP contribution in [0.25, 0.3) is 0 Å². The number of carbonyl (C=O) groups excluding carboxylic acids is 1. The number of primary amides is 1. The van der Waals surface area contributed by atoms with Crippen LogP contribution >= 0.6 is 11.3 Å². The number of ether oxygens (including phenoxy) is 1. The molecule has 0 aliphatic rings. The van der Waals surface area contributed by atoms with Crippen LogP contribution in [0.3, 0.4) is 0 Å². The SMILES string of the molecule is NC(=O)OCCNc1nncs1. The molecule has 66 valence electrons. The lowest BCUT2D eigenvalue weighted by atomic mass is 10.7. The van der Waals surface area contributed by atoms with Gasteiger partial charge in [0.2, 0.25) is 5.13 Å².